The van der Waals surface area contributed by atoms with Crippen LogP contribution in [0.4, 0.5) is 19.0 Å². The number of hydrogen-bond acceptors (Lipinski definition) is 6. The minimum absolute atomic E-state index is 0.0257. The first-order valence-electron chi connectivity index (χ1n) is 12.8. The minimum atomic E-state index is -4.17. The maximum atomic E-state index is 13.1. The number of benzene rings is 1. The highest BCUT2D eigenvalue weighted by Gasteiger charge is 2.33. The van der Waals surface area contributed by atoms with Gasteiger partial charge in [-0.25, -0.2) is 9.97 Å². The van der Waals surface area contributed by atoms with Crippen LogP contribution in [0.2, 0.25) is 0 Å². The third-order valence-electron chi connectivity index (χ3n) is 7.66. The molecule has 4 heterocycles. The van der Waals surface area contributed by atoms with Crippen LogP contribution in [0.3, 0.4) is 0 Å². The predicted molar refractivity (Wildman–Crippen MR) is 131 cm³/mol. The molecule has 0 atom stereocenters. The van der Waals surface area contributed by atoms with Gasteiger partial charge in [-0.15, -0.1) is 0 Å². The van der Waals surface area contributed by atoms with Crippen LogP contribution in [0, 0.1) is 0 Å². The first-order chi connectivity index (χ1) is 17.3. The summed E-state index contributed by atoms with van der Waals surface area (Å²) >= 11 is 0. The van der Waals surface area contributed by atoms with Crippen LogP contribution >= 0.6 is 0 Å². The molecule has 2 fully saturated rings. The Balaban J connectivity index is 1.11. The molecule has 0 unspecified atom stereocenters. The Bertz CT molecular complexity index is 1050. The zero-order valence-electron chi connectivity index (χ0n) is 20.4. The third-order valence-corrected chi connectivity index (χ3v) is 7.66. The van der Waals surface area contributed by atoms with E-state index >= 15 is 0 Å². The van der Waals surface area contributed by atoms with Gasteiger partial charge >= 0.3 is 6.18 Å². The monoisotopic (exact) mass is 502 g/mol. The highest BCUT2D eigenvalue weighted by Crippen LogP contribution is 2.26. The van der Waals surface area contributed by atoms with Crippen LogP contribution in [0.1, 0.15) is 47.3 Å². The average molecular weight is 503 g/mol. The van der Waals surface area contributed by atoms with Gasteiger partial charge in [-0.1, -0.05) is 24.3 Å². The lowest BCUT2D eigenvalue weighted by atomic mass is 9.95. The molecule has 0 bridgehead atoms. The van der Waals surface area contributed by atoms with Gasteiger partial charge in [0.2, 0.25) is 0 Å². The van der Waals surface area contributed by atoms with E-state index in [1.54, 1.807) is 6.07 Å². The summed E-state index contributed by atoms with van der Waals surface area (Å²) in [4.78, 5) is 27.4. The van der Waals surface area contributed by atoms with E-state index in [9.17, 15) is 18.0 Å². The van der Waals surface area contributed by atoms with Crippen molar-refractivity contribution in [3.05, 3.63) is 53.5 Å². The van der Waals surface area contributed by atoms with Crippen molar-refractivity contribution in [2.75, 3.05) is 44.6 Å². The molecular weight excluding hydrogens is 469 g/mol. The number of amides is 1. The number of rotatable bonds is 5. The van der Waals surface area contributed by atoms with Gasteiger partial charge in [0.05, 0.1) is 6.54 Å². The van der Waals surface area contributed by atoms with Gasteiger partial charge in [-0.2, -0.15) is 13.2 Å². The summed E-state index contributed by atoms with van der Waals surface area (Å²) in [6.07, 6.45) is 1.37. The number of anilines is 1. The van der Waals surface area contributed by atoms with E-state index in [0.717, 1.165) is 32.4 Å². The highest BCUT2D eigenvalue weighted by molar-refractivity contribution is 5.93. The van der Waals surface area contributed by atoms with Crippen molar-refractivity contribution in [2.24, 2.45) is 0 Å². The SMILES string of the molecule is O=C(c1cc(NC2CCN(CC(F)(F)F)CC2)ncn1)N1CCC(N2CCc3ccccc3C2)CC1. The van der Waals surface area contributed by atoms with E-state index in [-0.39, 0.29) is 11.9 Å². The number of nitrogens with zero attached hydrogens (tertiary/aromatic N) is 5. The topological polar surface area (TPSA) is 64.6 Å². The first-order valence-corrected chi connectivity index (χ1v) is 12.8. The van der Waals surface area contributed by atoms with Crippen LogP contribution in [-0.2, 0) is 13.0 Å². The molecule has 0 saturated carbocycles. The highest BCUT2D eigenvalue weighted by atomic mass is 19.4. The summed E-state index contributed by atoms with van der Waals surface area (Å²) in [5.74, 6) is 0.451. The number of likely N-dealkylation sites (tertiary alicyclic amines) is 2. The minimum Gasteiger partial charge on any atom is -0.367 e. The van der Waals surface area contributed by atoms with E-state index in [1.165, 1.54) is 22.4 Å². The molecule has 0 radical (unpaired) electrons. The number of carbonyl (C=O) groups is 1. The summed E-state index contributed by atoms with van der Waals surface area (Å²) in [7, 11) is 0. The zero-order chi connectivity index (χ0) is 25.1. The number of alkyl halides is 3. The van der Waals surface area contributed by atoms with Crippen LogP contribution in [0.15, 0.2) is 36.7 Å². The van der Waals surface area contributed by atoms with Crippen molar-refractivity contribution < 1.29 is 18.0 Å². The lowest BCUT2D eigenvalue weighted by molar-refractivity contribution is -0.147. The fourth-order valence-corrected chi connectivity index (χ4v) is 5.68. The number of piperidine rings is 2. The van der Waals surface area contributed by atoms with Crippen molar-refractivity contribution >= 4 is 11.7 Å². The van der Waals surface area contributed by atoms with Crippen molar-refractivity contribution in [1.29, 1.82) is 0 Å². The Morgan fingerprint density at radius 1 is 0.972 bits per heavy atom. The van der Waals surface area contributed by atoms with Crippen molar-refractivity contribution in [1.82, 2.24) is 24.7 Å². The zero-order valence-corrected chi connectivity index (χ0v) is 20.4. The molecule has 194 valence electrons. The number of halogens is 3. The number of hydrogen-bond donors (Lipinski definition) is 1. The summed E-state index contributed by atoms with van der Waals surface area (Å²) in [5, 5.41) is 3.28. The lowest BCUT2D eigenvalue weighted by Gasteiger charge is -2.40. The molecule has 0 aliphatic carbocycles. The molecule has 10 heteroatoms. The second-order valence-electron chi connectivity index (χ2n) is 10.1. The van der Waals surface area contributed by atoms with Crippen LogP contribution < -0.4 is 5.32 Å². The maximum Gasteiger partial charge on any atom is 0.401 e. The molecular formula is C26H33F3N6O. The molecule has 36 heavy (non-hydrogen) atoms. The Labute approximate surface area is 209 Å². The number of fused-ring (bicyclic) bond motifs is 1. The summed E-state index contributed by atoms with van der Waals surface area (Å²) in [6, 6.07) is 10.8. The van der Waals surface area contributed by atoms with Crippen molar-refractivity contribution in [3.63, 3.8) is 0 Å². The van der Waals surface area contributed by atoms with Gasteiger partial charge in [0.15, 0.2) is 0 Å². The molecule has 1 amide bonds. The van der Waals surface area contributed by atoms with E-state index in [0.29, 0.717) is 56.6 Å². The van der Waals surface area contributed by atoms with Crippen molar-refractivity contribution in [2.45, 2.75) is 56.9 Å². The van der Waals surface area contributed by atoms with Gasteiger partial charge in [-0.3, -0.25) is 14.6 Å². The molecule has 0 spiro atoms. The Morgan fingerprint density at radius 2 is 1.69 bits per heavy atom. The summed E-state index contributed by atoms with van der Waals surface area (Å²) in [6.45, 7) is 3.33. The fourth-order valence-electron chi connectivity index (χ4n) is 5.68. The molecule has 1 N–H and O–H groups in total. The molecule has 2 saturated heterocycles. The molecule has 2 aromatic rings. The largest absolute Gasteiger partial charge is 0.401 e. The second kappa shape index (κ2) is 10.7. The van der Waals surface area contributed by atoms with Gasteiger partial charge in [0.1, 0.15) is 17.8 Å². The molecule has 3 aliphatic heterocycles. The molecule has 7 nitrogen and oxygen atoms in total. The van der Waals surface area contributed by atoms with E-state index in [1.807, 2.05) is 4.90 Å². The standard InChI is InChI=1S/C26H33F3N6O/c27-26(28,29)17-33-10-6-21(7-11-33)32-24-15-23(30-18-31-24)25(36)34-13-8-22(9-14-34)35-12-5-19-3-1-2-4-20(19)16-35/h1-4,15,18,21-22H,5-14,16-17H2,(H,30,31,32). The predicted octanol–water partition coefficient (Wildman–Crippen LogP) is 3.58. The van der Waals surface area contributed by atoms with E-state index in [4.69, 9.17) is 0 Å². The van der Waals surface area contributed by atoms with Crippen LogP contribution in [-0.4, -0.2) is 88.1 Å². The van der Waals surface area contributed by atoms with Crippen LogP contribution in [0.25, 0.3) is 0 Å². The molecule has 1 aromatic carbocycles. The fraction of sp³-hybridized carbons (Fsp3) is 0.577. The van der Waals surface area contributed by atoms with E-state index in [2.05, 4.69) is 44.5 Å². The third kappa shape index (κ3) is 6.15. The van der Waals surface area contributed by atoms with Gasteiger partial charge in [-0.05, 0) is 43.2 Å². The molecule has 3 aliphatic rings. The summed E-state index contributed by atoms with van der Waals surface area (Å²) in [5.41, 5.74) is 3.21. The Kier molecular flexibility index (Phi) is 7.43. The number of aromatic nitrogens is 2. The molecule has 1 aromatic heterocycles. The summed E-state index contributed by atoms with van der Waals surface area (Å²) < 4.78 is 37.8. The first kappa shape index (κ1) is 25.0. The lowest BCUT2D eigenvalue weighted by Crippen LogP contribution is -2.48. The average Bonchev–Trinajstić information content (AvgIpc) is 2.88. The maximum absolute atomic E-state index is 13.1. The Morgan fingerprint density at radius 3 is 2.42 bits per heavy atom. The van der Waals surface area contributed by atoms with Gasteiger partial charge in [0, 0.05) is 57.4 Å². The number of nitrogens with one attached hydrogen (secondary N) is 1. The van der Waals surface area contributed by atoms with Gasteiger partial charge in [0.25, 0.3) is 5.91 Å². The second-order valence-corrected chi connectivity index (χ2v) is 10.1. The van der Waals surface area contributed by atoms with Crippen molar-refractivity contribution in [3.8, 4) is 0 Å². The van der Waals surface area contributed by atoms with Gasteiger partial charge < -0.3 is 10.2 Å². The van der Waals surface area contributed by atoms with Crippen LogP contribution in [0.5, 0.6) is 0 Å². The smallest absolute Gasteiger partial charge is 0.367 e. The number of carbonyl (C=O) groups excluding carboxylic acids is 1. The normalized spacial score (nSPS) is 20.8. The molecule has 5 rings (SSSR count). The van der Waals surface area contributed by atoms with E-state index < -0.39 is 12.7 Å². The quantitative estimate of drug-likeness (QED) is 0.675. The Hall–Kier alpha value is -2.72.